The highest BCUT2D eigenvalue weighted by Crippen LogP contribution is 2.45. The second-order valence-corrected chi connectivity index (χ2v) is 11.2. The largest absolute Gasteiger partial charge is 0.507 e. The number of anilines is 1. The molecule has 0 aliphatic carbocycles. The van der Waals surface area contributed by atoms with Gasteiger partial charge in [-0.25, -0.2) is 9.78 Å². The van der Waals surface area contributed by atoms with Gasteiger partial charge in [0.2, 0.25) is 0 Å². The molecule has 1 aromatic heterocycles. The lowest BCUT2D eigenvalue weighted by molar-refractivity contribution is -0.132. The van der Waals surface area contributed by atoms with Crippen LogP contribution in [0.3, 0.4) is 0 Å². The van der Waals surface area contributed by atoms with Crippen molar-refractivity contribution >= 4 is 39.9 Å². The minimum absolute atomic E-state index is 0.118. The molecule has 2 heterocycles. The molecule has 1 aliphatic heterocycles. The maximum atomic E-state index is 13.6. The molecule has 10 nitrogen and oxygen atoms in total. The van der Waals surface area contributed by atoms with Crippen molar-refractivity contribution in [2.45, 2.75) is 58.9 Å². The van der Waals surface area contributed by atoms with Crippen molar-refractivity contribution in [2.24, 2.45) is 0 Å². The van der Waals surface area contributed by atoms with Crippen LogP contribution in [0.1, 0.15) is 78.5 Å². The Bertz CT molecular complexity index is 1530. The highest BCUT2D eigenvalue weighted by Gasteiger charge is 2.48. The van der Waals surface area contributed by atoms with Gasteiger partial charge >= 0.3 is 11.9 Å². The lowest BCUT2D eigenvalue weighted by Gasteiger charge is -2.24. The summed E-state index contributed by atoms with van der Waals surface area (Å²) in [6.45, 7) is 6.88. The first kappa shape index (κ1) is 32.5. The summed E-state index contributed by atoms with van der Waals surface area (Å²) in [5.41, 5.74) is 1.05. The molecule has 1 atom stereocenters. The van der Waals surface area contributed by atoms with Gasteiger partial charge in [0.25, 0.3) is 5.78 Å². The predicted molar refractivity (Wildman–Crippen MR) is 168 cm³/mol. The molecule has 44 heavy (non-hydrogen) atoms. The van der Waals surface area contributed by atoms with Crippen LogP contribution in [-0.2, 0) is 14.3 Å². The van der Waals surface area contributed by atoms with E-state index in [-0.39, 0.29) is 21.3 Å². The summed E-state index contributed by atoms with van der Waals surface area (Å²) in [6.07, 6.45) is 4.87. The molecule has 1 unspecified atom stereocenters. The van der Waals surface area contributed by atoms with Crippen LogP contribution in [-0.4, -0.2) is 55.2 Å². The van der Waals surface area contributed by atoms with Crippen LogP contribution in [0.25, 0.3) is 5.76 Å². The van der Waals surface area contributed by atoms with Gasteiger partial charge in [-0.3, -0.25) is 14.5 Å². The van der Waals surface area contributed by atoms with Gasteiger partial charge in [-0.2, -0.15) is 0 Å². The lowest BCUT2D eigenvalue weighted by atomic mass is 9.95. The number of ether oxygens (including phenoxy) is 4. The van der Waals surface area contributed by atoms with Crippen molar-refractivity contribution in [3.8, 4) is 17.2 Å². The van der Waals surface area contributed by atoms with Crippen molar-refractivity contribution in [2.75, 3.05) is 32.3 Å². The van der Waals surface area contributed by atoms with Gasteiger partial charge in [0.05, 0.1) is 44.7 Å². The smallest absolute Gasteiger partial charge is 0.350 e. The molecule has 0 bridgehead atoms. The maximum Gasteiger partial charge on any atom is 0.350 e. The number of rotatable bonds is 14. The molecule has 1 aliphatic rings. The van der Waals surface area contributed by atoms with Gasteiger partial charge in [0, 0.05) is 5.56 Å². The number of aromatic nitrogens is 1. The van der Waals surface area contributed by atoms with Crippen molar-refractivity contribution in [1.29, 1.82) is 0 Å². The van der Waals surface area contributed by atoms with E-state index in [1.807, 2.05) is 0 Å². The minimum atomic E-state index is -1.07. The van der Waals surface area contributed by atoms with Crippen molar-refractivity contribution in [3.05, 3.63) is 69.7 Å². The number of hydrogen-bond acceptors (Lipinski definition) is 10. The third kappa shape index (κ3) is 6.88. The standard InChI is InChI=1S/C33H38N2O8S/c1-6-8-10-18-43-24-16-13-22(19-25(24)40-4)27-26(28(36)21-11-14-23(15-12-21)42-17-9-7-2)29(37)31(38)35(27)33-34-20(3)30(44-33)32(39)41-5/h11-16,19,27,36H,6-10,17-18H2,1-5H3/b28-26+. The van der Waals surface area contributed by atoms with Crippen LogP contribution in [0.15, 0.2) is 48.0 Å². The number of unbranched alkanes of at least 4 members (excludes halogenated alkanes) is 3. The molecule has 0 radical (unpaired) electrons. The molecule has 0 saturated carbocycles. The predicted octanol–water partition coefficient (Wildman–Crippen LogP) is 6.62. The average Bonchev–Trinajstić information content (AvgIpc) is 3.54. The summed E-state index contributed by atoms with van der Waals surface area (Å²) in [6, 6.07) is 10.7. The molecule has 1 saturated heterocycles. The number of aryl methyl sites for hydroxylation is 1. The van der Waals surface area contributed by atoms with E-state index < -0.39 is 23.7 Å². The zero-order valence-electron chi connectivity index (χ0n) is 25.7. The number of esters is 1. The van der Waals surface area contributed by atoms with Crippen molar-refractivity contribution in [1.82, 2.24) is 4.98 Å². The second kappa shape index (κ2) is 14.9. The Morgan fingerprint density at radius 1 is 0.955 bits per heavy atom. The number of nitrogens with zero attached hydrogens (tertiary/aromatic N) is 2. The minimum Gasteiger partial charge on any atom is -0.507 e. The highest BCUT2D eigenvalue weighted by molar-refractivity contribution is 7.17. The summed E-state index contributed by atoms with van der Waals surface area (Å²) in [4.78, 5) is 45.5. The van der Waals surface area contributed by atoms with Gasteiger partial charge in [-0.05, 0) is 61.7 Å². The number of carbonyl (C=O) groups excluding carboxylic acids is 3. The molecule has 1 N–H and O–H groups in total. The number of amides is 1. The monoisotopic (exact) mass is 622 g/mol. The lowest BCUT2D eigenvalue weighted by Crippen LogP contribution is -2.29. The molecule has 11 heteroatoms. The van der Waals surface area contributed by atoms with E-state index in [2.05, 4.69) is 18.8 Å². The fraction of sp³-hybridized carbons (Fsp3) is 0.394. The Balaban J connectivity index is 1.82. The Labute approximate surface area is 261 Å². The zero-order chi connectivity index (χ0) is 31.8. The third-order valence-corrected chi connectivity index (χ3v) is 8.35. The van der Waals surface area contributed by atoms with Gasteiger partial charge in [0.15, 0.2) is 16.6 Å². The van der Waals surface area contributed by atoms with E-state index in [0.29, 0.717) is 47.3 Å². The SMILES string of the molecule is CCCCCOc1ccc(C2/C(=C(\O)c3ccc(OCCCC)cc3)C(=O)C(=O)N2c2nc(C)c(C(=O)OC)s2)cc1OC. The summed E-state index contributed by atoms with van der Waals surface area (Å²) < 4.78 is 22.2. The molecular formula is C33H38N2O8S. The van der Waals surface area contributed by atoms with E-state index >= 15 is 0 Å². The fourth-order valence-corrected chi connectivity index (χ4v) is 5.83. The quantitative estimate of drug-likeness (QED) is 0.0694. The van der Waals surface area contributed by atoms with Gasteiger partial charge in [-0.1, -0.05) is 50.5 Å². The molecular weight excluding hydrogens is 584 g/mol. The topological polar surface area (TPSA) is 124 Å². The molecule has 3 aromatic rings. The Kier molecular flexibility index (Phi) is 11.0. The number of Topliss-reactive ketones (excluding diaryl/α,β-unsaturated/α-hetero) is 1. The van der Waals surface area contributed by atoms with Crippen LogP contribution < -0.4 is 19.1 Å². The molecule has 0 spiro atoms. The van der Waals surface area contributed by atoms with Crippen molar-refractivity contribution < 1.29 is 38.4 Å². The maximum absolute atomic E-state index is 13.6. The number of benzene rings is 2. The van der Waals surface area contributed by atoms with Crippen LogP contribution >= 0.6 is 11.3 Å². The Morgan fingerprint density at radius 3 is 2.32 bits per heavy atom. The van der Waals surface area contributed by atoms with Crippen LogP contribution in [0.2, 0.25) is 0 Å². The zero-order valence-corrected chi connectivity index (χ0v) is 26.5. The third-order valence-electron chi connectivity index (χ3n) is 7.21. The van der Waals surface area contributed by atoms with Crippen LogP contribution in [0.4, 0.5) is 5.13 Å². The van der Waals surface area contributed by atoms with E-state index in [1.54, 1.807) is 49.4 Å². The molecule has 1 fully saturated rings. The van der Waals surface area contributed by atoms with Crippen LogP contribution in [0.5, 0.6) is 17.2 Å². The normalized spacial score (nSPS) is 15.8. The van der Waals surface area contributed by atoms with E-state index in [0.717, 1.165) is 43.4 Å². The number of carbonyl (C=O) groups is 3. The van der Waals surface area contributed by atoms with Gasteiger partial charge in [-0.15, -0.1) is 0 Å². The van der Waals surface area contributed by atoms with E-state index in [1.165, 1.54) is 19.1 Å². The molecule has 1 amide bonds. The van der Waals surface area contributed by atoms with Gasteiger partial charge in [0.1, 0.15) is 16.4 Å². The number of aliphatic hydroxyl groups excluding tert-OH is 1. The summed E-state index contributed by atoms with van der Waals surface area (Å²) in [5, 5.41) is 11.7. The number of methoxy groups -OCH3 is 2. The Morgan fingerprint density at radius 2 is 1.66 bits per heavy atom. The van der Waals surface area contributed by atoms with Crippen LogP contribution in [0, 0.1) is 6.92 Å². The first-order chi connectivity index (χ1) is 21.2. The Hall–Kier alpha value is -4.38. The first-order valence-corrected chi connectivity index (χ1v) is 15.5. The summed E-state index contributed by atoms with van der Waals surface area (Å²) >= 11 is 0.934. The molecule has 2 aromatic carbocycles. The first-order valence-electron chi connectivity index (χ1n) is 14.7. The number of thiazole rings is 1. The number of ketones is 1. The highest BCUT2D eigenvalue weighted by atomic mass is 32.1. The number of aliphatic hydroxyl groups is 1. The molecule has 4 rings (SSSR count). The molecule has 234 valence electrons. The fourth-order valence-electron chi connectivity index (χ4n) is 4.82. The average molecular weight is 623 g/mol. The summed E-state index contributed by atoms with van der Waals surface area (Å²) in [5.74, 6) is -1.19. The van der Waals surface area contributed by atoms with Crippen molar-refractivity contribution in [3.63, 3.8) is 0 Å². The second-order valence-electron chi connectivity index (χ2n) is 10.3. The van der Waals surface area contributed by atoms with E-state index in [9.17, 15) is 19.5 Å². The number of hydrogen-bond donors (Lipinski definition) is 1. The van der Waals surface area contributed by atoms with E-state index in [4.69, 9.17) is 18.9 Å². The van der Waals surface area contributed by atoms with Gasteiger partial charge < -0.3 is 24.1 Å². The summed E-state index contributed by atoms with van der Waals surface area (Å²) in [7, 11) is 2.76.